The number of nitrogen functional groups attached to an aromatic ring is 1. The lowest BCUT2D eigenvalue weighted by Crippen LogP contribution is -2.09. The van der Waals surface area contributed by atoms with Crippen molar-refractivity contribution in [1.29, 1.82) is 0 Å². The SMILES string of the molecule is COC(=O)c1cc(-n2cc(-c3ccc(C(F)(F)F)cc3)nn2)cc(-c2ccccc2)c1N. The van der Waals surface area contributed by atoms with Gasteiger partial charge >= 0.3 is 12.1 Å². The second-order valence-electron chi connectivity index (χ2n) is 6.94. The van der Waals surface area contributed by atoms with Gasteiger partial charge in [-0.05, 0) is 29.8 Å². The van der Waals surface area contributed by atoms with Crippen molar-refractivity contribution in [3.63, 3.8) is 0 Å². The first-order valence-electron chi connectivity index (χ1n) is 9.45. The first-order valence-corrected chi connectivity index (χ1v) is 9.45. The van der Waals surface area contributed by atoms with Gasteiger partial charge in [-0.2, -0.15) is 13.2 Å². The second-order valence-corrected chi connectivity index (χ2v) is 6.94. The number of hydrogen-bond donors (Lipinski definition) is 1. The third kappa shape index (κ3) is 4.04. The highest BCUT2D eigenvalue weighted by Crippen LogP contribution is 2.33. The number of hydrogen-bond acceptors (Lipinski definition) is 5. The van der Waals surface area contributed by atoms with E-state index in [0.29, 0.717) is 22.5 Å². The van der Waals surface area contributed by atoms with Crippen LogP contribution in [0.1, 0.15) is 15.9 Å². The second kappa shape index (κ2) is 8.18. The van der Waals surface area contributed by atoms with E-state index in [1.165, 1.54) is 30.0 Å². The van der Waals surface area contributed by atoms with Gasteiger partial charge < -0.3 is 10.5 Å². The molecule has 4 rings (SSSR count). The molecule has 3 aromatic carbocycles. The van der Waals surface area contributed by atoms with Crippen LogP contribution in [0.4, 0.5) is 18.9 Å². The van der Waals surface area contributed by atoms with Gasteiger partial charge in [0.15, 0.2) is 0 Å². The zero-order valence-electron chi connectivity index (χ0n) is 16.8. The number of carbonyl (C=O) groups excluding carboxylic acids is 1. The summed E-state index contributed by atoms with van der Waals surface area (Å²) in [4.78, 5) is 12.3. The maximum Gasteiger partial charge on any atom is 0.416 e. The van der Waals surface area contributed by atoms with Crippen LogP contribution in [0, 0.1) is 0 Å². The predicted octanol–water partition coefficient (Wildman–Crippen LogP) is 4.99. The quantitative estimate of drug-likeness (QED) is 0.359. The number of alkyl halides is 3. The van der Waals surface area contributed by atoms with Gasteiger partial charge in [-0.3, -0.25) is 0 Å². The van der Waals surface area contributed by atoms with Crippen LogP contribution in [0.25, 0.3) is 28.1 Å². The molecular formula is C23H17F3N4O2. The number of anilines is 1. The van der Waals surface area contributed by atoms with Crippen molar-refractivity contribution in [2.45, 2.75) is 6.18 Å². The third-order valence-electron chi connectivity index (χ3n) is 4.92. The minimum atomic E-state index is -4.42. The average Bonchev–Trinajstić information content (AvgIpc) is 3.29. The zero-order chi connectivity index (χ0) is 22.9. The Morgan fingerprint density at radius 1 is 1.00 bits per heavy atom. The van der Waals surface area contributed by atoms with E-state index >= 15 is 0 Å². The predicted molar refractivity (Wildman–Crippen MR) is 113 cm³/mol. The molecule has 0 amide bonds. The maximum atomic E-state index is 12.8. The number of benzene rings is 3. The van der Waals surface area contributed by atoms with Crippen LogP contribution in [0.15, 0.2) is 72.9 Å². The molecule has 1 heterocycles. The van der Waals surface area contributed by atoms with Crippen LogP contribution in [-0.4, -0.2) is 28.1 Å². The Morgan fingerprint density at radius 2 is 1.69 bits per heavy atom. The molecule has 0 fully saturated rings. The van der Waals surface area contributed by atoms with Crippen molar-refractivity contribution >= 4 is 11.7 Å². The molecule has 9 heteroatoms. The Kier molecular flexibility index (Phi) is 5.40. The molecule has 0 radical (unpaired) electrons. The summed E-state index contributed by atoms with van der Waals surface area (Å²) in [5, 5.41) is 8.13. The summed E-state index contributed by atoms with van der Waals surface area (Å²) in [6.07, 6.45) is -2.86. The lowest BCUT2D eigenvalue weighted by Gasteiger charge is -2.13. The standard InChI is InChI=1S/C23H17F3N4O2/c1-32-22(31)19-12-17(11-18(21(19)27)14-5-3-2-4-6-14)30-13-20(28-29-30)15-7-9-16(10-8-15)23(24,25)26/h2-13H,27H2,1H3. The van der Waals surface area contributed by atoms with Crippen LogP contribution in [-0.2, 0) is 10.9 Å². The summed E-state index contributed by atoms with van der Waals surface area (Å²) in [5.41, 5.74) is 8.65. The number of nitrogens with zero attached hydrogens (tertiary/aromatic N) is 3. The van der Waals surface area contributed by atoms with Gasteiger partial charge in [0, 0.05) is 11.1 Å². The molecule has 0 spiro atoms. The average molecular weight is 438 g/mol. The Labute approximate surface area is 181 Å². The van der Waals surface area contributed by atoms with E-state index in [4.69, 9.17) is 10.5 Å². The number of aromatic nitrogens is 3. The largest absolute Gasteiger partial charge is 0.465 e. The molecule has 0 bridgehead atoms. The fourth-order valence-corrected chi connectivity index (χ4v) is 3.26. The smallest absolute Gasteiger partial charge is 0.416 e. The minimum Gasteiger partial charge on any atom is -0.465 e. The number of nitrogens with two attached hydrogens (primary N) is 1. The number of carbonyl (C=O) groups is 1. The van der Waals surface area contributed by atoms with Gasteiger partial charge in [0.25, 0.3) is 0 Å². The first-order chi connectivity index (χ1) is 15.3. The van der Waals surface area contributed by atoms with Crippen molar-refractivity contribution in [3.8, 4) is 28.1 Å². The topological polar surface area (TPSA) is 83.0 Å². The van der Waals surface area contributed by atoms with E-state index in [9.17, 15) is 18.0 Å². The molecule has 0 saturated heterocycles. The normalized spacial score (nSPS) is 11.4. The van der Waals surface area contributed by atoms with E-state index < -0.39 is 17.7 Å². The fraction of sp³-hybridized carbons (Fsp3) is 0.0870. The highest BCUT2D eigenvalue weighted by Gasteiger charge is 2.30. The molecule has 0 aliphatic rings. The molecule has 2 N–H and O–H groups in total. The molecule has 0 aliphatic heterocycles. The van der Waals surface area contributed by atoms with Gasteiger partial charge in [0.2, 0.25) is 0 Å². The maximum absolute atomic E-state index is 12.8. The number of ether oxygens (including phenoxy) is 1. The molecule has 4 aromatic rings. The lowest BCUT2D eigenvalue weighted by atomic mass is 9.99. The Bertz CT molecular complexity index is 1270. The summed E-state index contributed by atoms with van der Waals surface area (Å²) >= 11 is 0. The van der Waals surface area contributed by atoms with Crippen molar-refractivity contribution < 1.29 is 22.7 Å². The van der Waals surface area contributed by atoms with E-state index in [1.54, 1.807) is 12.3 Å². The Morgan fingerprint density at radius 3 is 2.31 bits per heavy atom. The number of halogens is 3. The van der Waals surface area contributed by atoms with Crippen molar-refractivity contribution in [2.24, 2.45) is 0 Å². The molecule has 32 heavy (non-hydrogen) atoms. The van der Waals surface area contributed by atoms with Crippen LogP contribution < -0.4 is 5.73 Å². The van der Waals surface area contributed by atoms with E-state index in [2.05, 4.69) is 10.3 Å². The molecule has 1 aromatic heterocycles. The van der Waals surface area contributed by atoms with Gasteiger partial charge in [-0.25, -0.2) is 9.48 Å². The zero-order valence-corrected chi connectivity index (χ0v) is 16.8. The number of methoxy groups -OCH3 is 1. The highest BCUT2D eigenvalue weighted by atomic mass is 19.4. The molecule has 6 nitrogen and oxygen atoms in total. The van der Waals surface area contributed by atoms with Crippen molar-refractivity contribution in [3.05, 3.63) is 84.1 Å². The van der Waals surface area contributed by atoms with E-state index in [1.807, 2.05) is 30.3 Å². The van der Waals surface area contributed by atoms with Crippen LogP contribution in [0.2, 0.25) is 0 Å². The number of esters is 1. The van der Waals surface area contributed by atoms with Gasteiger partial charge in [0.1, 0.15) is 5.69 Å². The van der Waals surface area contributed by atoms with E-state index in [0.717, 1.165) is 17.7 Å². The molecule has 0 atom stereocenters. The fourth-order valence-electron chi connectivity index (χ4n) is 3.26. The summed E-state index contributed by atoms with van der Waals surface area (Å²) in [5.74, 6) is -0.607. The van der Waals surface area contributed by atoms with Gasteiger partial charge in [-0.15, -0.1) is 5.10 Å². The molecule has 162 valence electrons. The van der Waals surface area contributed by atoms with Crippen LogP contribution in [0.3, 0.4) is 0 Å². The monoisotopic (exact) mass is 438 g/mol. The van der Waals surface area contributed by atoms with Crippen LogP contribution >= 0.6 is 0 Å². The van der Waals surface area contributed by atoms with Gasteiger partial charge in [-0.1, -0.05) is 47.7 Å². The molecule has 0 aliphatic carbocycles. The van der Waals surface area contributed by atoms with Crippen molar-refractivity contribution in [2.75, 3.05) is 12.8 Å². The number of rotatable bonds is 4. The minimum absolute atomic E-state index is 0.162. The lowest BCUT2D eigenvalue weighted by molar-refractivity contribution is -0.137. The Balaban J connectivity index is 1.77. The van der Waals surface area contributed by atoms with E-state index in [-0.39, 0.29) is 11.3 Å². The van der Waals surface area contributed by atoms with Crippen molar-refractivity contribution in [1.82, 2.24) is 15.0 Å². The summed E-state index contributed by atoms with van der Waals surface area (Å²) in [7, 11) is 1.26. The summed E-state index contributed by atoms with van der Waals surface area (Å²) in [6, 6.07) is 17.2. The first kappa shape index (κ1) is 21.1. The molecule has 0 unspecified atom stereocenters. The van der Waals surface area contributed by atoms with Gasteiger partial charge in [0.05, 0.1) is 35.8 Å². The third-order valence-corrected chi connectivity index (χ3v) is 4.92. The molecular weight excluding hydrogens is 421 g/mol. The highest BCUT2D eigenvalue weighted by molar-refractivity contribution is 6.00. The van der Waals surface area contributed by atoms with Crippen LogP contribution in [0.5, 0.6) is 0 Å². The Hall–Kier alpha value is -4.14. The molecule has 0 saturated carbocycles. The summed E-state index contributed by atoms with van der Waals surface area (Å²) in [6.45, 7) is 0. The summed E-state index contributed by atoms with van der Waals surface area (Å²) < 4.78 is 44.7.